The van der Waals surface area contributed by atoms with Gasteiger partial charge in [-0.2, -0.15) is 0 Å². The number of allylic oxidation sites excluding steroid dienone is 2. The molecule has 0 aromatic heterocycles. The van der Waals surface area contributed by atoms with Crippen molar-refractivity contribution in [1.29, 1.82) is 0 Å². The quantitative estimate of drug-likeness (QED) is 0.281. The SMILES string of the molecule is CC(=O)/C=C(/C)[O-].CCCCCCCCCC[O-].[Mg+2]. The van der Waals surface area contributed by atoms with E-state index in [1.807, 2.05) is 0 Å². The summed E-state index contributed by atoms with van der Waals surface area (Å²) in [6.45, 7) is 5.05. The van der Waals surface area contributed by atoms with Gasteiger partial charge in [-0.3, -0.25) is 4.79 Å². The molecule has 0 saturated carbocycles. The molecule has 0 bridgehead atoms. The summed E-state index contributed by atoms with van der Waals surface area (Å²) in [7, 11) is 0. The van der Waals surface area contributed by atoms with Crippen LogP contribution in [-0.4, -0.2) is 35.4 Å². The standard InChI is InChI=1S/C10H21O.C5H8O2.Mg/c1-2-3-4-5-6-7-8-9-10-11;1-4(6)3-5(2)7;/h2-10H2,1H3;3,6H,1-2H3;/q-1;;+2/p-1/b;4-3-;. The van der Waals surface area contributed by atoms with Gasteiger partial charge in [0.05, 0.1) is 0 Å². The van der Waals surface area contributed by atoms with Gasteiger partial charge in [0.15, 0.2) is 5.78 Å². The number of carbonyl (C=O) groups is 1. The molecular formula is C15H28MgO3. The van der Waals surface area contributed by atoms with Crippen LogP contribution in [0.3, 0.4) is 0 Å². The molecule has 108 valence electrons. The topological polar surface area (TPSA) is 63.2 Å². The first kappa shape index (κ1) is 24.0. The van der Waals surface area contributed by atoms with Crippen LogP contribution in [0.2, 0.25) is 0 Å². The van der Waals surface area contributed by atoms with Crippen LogP contribution in [0.4, 0.5) is 0 Å². The van der Waals surface area contributed by atoms with Crippen molar-refractivity contribution in [2.24, 2.45) is 0 Å². The van der Waals surface area contributed by atoms with Crippen molar-refractivity contribution < 1.29 is 15.0 Å². The summed E-state index contributed by atoms with van der Waals surface area (Å²) in [5.41, 5.74) is 0. The minimum atomic E-state index is -0.187. The van der Waals surface area contributed by atoms with Crippen LogP contribution in [0.5, 0.6) is 0 Å². The Bertz CT molecular complexity index is 203. The van der Waals surface area contributed by atoms with Gasteiger partial charge in [0.25, 0.3) is 0 Å². The van der Waals surface area contributed by atoms with Crippen LogP contribution < -0.4 is 10.2 Å². The van der Waals surface area contributed by atoms with Crippen LogP contribution in [-0.2, 0) is 4.79 Å². The second-order valence-electron chi connectivity index (χ2n) is 4.54. The van der Waals surface area contributed by atoms with Gasteiger partial charge in [0, 0.05) is 0 Å². The Morgan fingerprint density at radius 1 is 0.947 bits per heavy atom. The maximum absolute atomic E-state index is 10.1. The number of hydrogen-bond acceptors (Lipinski definition) is 3. The molecule has 0 aromatic carbocycles. The Balaban J connectivity index is -0.000000280. The molecule has 19 heavy (non-hydrogen) atoms. The molecule has 0 amide bonds. The molecule has 0 atom stereocenters. The average molecular weight is 281 g/mol. The monoisotopic (exact) mass is 280 g/mol. The Hall–Kier alpha value is -0.0638. The summed E-state index contributed by atoms with van der Waals surface area (Å²) in [6.07, 6.45) is 11.1. The first-order valence-corrected chi connectivity index (χ1v) is 6.98. The van der Waals surface area contributed by atoms with E-state index in [9.17, 15) is 15.0 Å². The van der Waals surface area contributed by atoms with Crippen molar-refractivity contribution in [3.63, 3.8) is 0 Å². The van der Waals surface area contributed by atoms with E-state index in [0.717, 1.165) is 18.9 Å². The molecule has 3 nitrogen and oxygen atoms in total. The molecule has 0 aliphatic heterocycles. The molecule has 0 unspecified atom stereocenters. The maximum Gasteiger partial charge on any atom is 2.00 e. The van der Waals surface area contributed by atoms with Crippen LogP contribution in [0.25, 0.3) is 0 Å². The van der Waals surface area contributed by atoms with Gasteiger partial charge >= 0.3 is 23.1 Å². The largest absolute Gasteiger partial charge is 2.00 e. The van der Waals surface area contributed by atoms with Crippen LogP contribution >= 0.6 is 0 Å². The fourth-order valence-corrected chi connectivity index (χ4v) is 1.52. The van der Waals surface area contributed by atoms with Gasteiger partial charge in [0.1, 0.15) is 0 Å². The van der Waals surface area contributed by atoms with Gasteiger partial charge in [-0.05, 0) is 13.0 Å². The normalized spacial score (nSPS) is 10.2. The molecule has 0 spiro atoms. The Morgan fingerprint density at radius 3 is 1.63 bits per heavy atom. The number of ketones is 1. The molecular weight excluding hydrogens is 252 g/mol. The molecule has 0 N–H and O–H groups in total. The number of unbranched alkanes of at least 4 members (excludes halogenated alkanes) is 7. The maximum atomic E-state index is 10.1. The summed E-state index contributed by atoms with van der Waals surface area (Å²) in [4.78, 5) is 9.98. The van der Waals surface area contributed by atoms with E-state index in [-0.39, 0.29) is 41.2 Å². The van der Waals surface area contributed by atoms with Crippen molar-refractivity contribution in [1.82, 2.24) is 0 Å². The van der Waals surface area contributed by atoms with Crippen molar-refractivity contribution in [3.05, 3.63) is 11.8 Å². The van der Waals surface area contributed by atoms with Gasteiger partial charge in [0.2, 0.25) is 0 Å². The first-order chi connectivity index (χ1) is 8.54. The second-order valence-corrected chi connectivity index (χ2v) is 4.54. The van der Waals surface area contributed by atoms with Gasteiger partial charge in [-0.1, -0.05) is 65.2 Å². The third kappa shape index (κ3) is 32.0. The summed E-state index contributed by atoms with van der Waals surface area (Å²) < 4.78 is 0. The number of rotatable bonds is 9. The van der Waals surface area contributed by atoms with Gasteiger partial charge < -0.3 is 10.2 Å². The van der Waals surface area contributed by atoms with E-state index < -0.39 is 0 Å². The average Bonchev–Trinajstić information content (AvgIpc) is 2.27. The van der Waals surface area contributed by atoms with Crippen LogP contribution in [0.15, 0.2) is 11.8 Å². The van der Waals surface area contributed by atoms with Crippen molar-refractivity contribution in [3.8, 4) is 0 Å². The Labute approximate surface area is 134 Å². The fourth-order valence-electron chi connectivity index (χ4n) is 1.52. The number of carbonyl (C=O) groups excluding carboxylic acids is 1. The smallest absolute Gasteiger partial charge is 0.876 e. The summed E-state index contributed by atoms with van der Waals surface area (Å²) in [6, 6.07) is 0. The molecule has 0 aliphatic carbocycles. The third-order valence-electron chi connectivity index (χ3n) is 2.40. The van der Waals surface area contributed by atoms with Crippen molar-refractivity contribution in [2.75, 3.05) is 6.61 Å². The minimum Gasteiger partial charge on any atom is -0.876 e. The molecule has 0 radical (unpaired) electrons. The van der Waals surface area contributed by atoms with E-state index in [1.165, 1.54) is 52.4 Å². The first-order valence-electron chi connectivity index (χ1n) is 6.98. The summed E-state index contributed by atoms with van der Waals surface area (Å²) in [5, 5.41) is 20.0. The predicted molar refractivity (Wildman–Crippen MR) is 77.7 cm³/mol. The third-order valence-corrected chi connectivity index (χ3v) is 2.40. The minimum absolute atomic E-state index is 0. The van der Waals surface area contributed by atoms with Crippen LogP contribution in [0.1, 0.15) is 72.1 Å². The molecule has 0 saturated heterocycles. The van der Waals surface area contributed by atoms with Gasteiger partial charge in [-0.25, -0.2) is 0 Å². The van der Waals surface area contributed by atoms with Crippen LogP contribution in [0, 0.1) is 0 Å². The zero-order valence-electron chi connectivity index (χ0n) is 12.9. The van der Waals surface area contributed by atoms with E-state index in [4.69, 9.17) is 0 Å². The fraction of sp³-hybridized carbons (Fsp3) is 0.800. The van der Waals surface area contributed by atoms with E-state index in [0.29, 0.717) is 0 Å². The van der Waals surface area contributed by atoms with E-state index in [2.05, 4.69) is 6.92 Å². The number of hydrogen-bond donors (Lipinski definition) is 0. The molecule has 0 aliphatic rings. The Kier molecular flexibility index (Phi) is 25.6. The summed E-state index contributed by atoms with van der Waals surface area (Å²) in [5.74, 6) is -0.375. The predicted octanol–water partition coefficient (Wildman–Crippen LogP) is 1.95. The van der Waals surface area contributed by atoms with E-state index >= 15 is 0 Å². The summed E-state index contributed by atoms with van der Waals surface area (Å²) >= 11 is 0. The van der Waals surface area contributed by atoms with Gasteiger partial charge in [-0.15, -0.1) is 12.4 Å². The Morgan fingerprint density at radius 2 is 1.37 bits per heavy atom. The molecule has 0 fully saturated rings. The van der Waals surface area contributed by atoms with Crippen molar-refractivity contribution in [2.45, 2.75) is 72.1 Å². The van der Waals surface area contributed by atoms with E-state index in [1.54, 1.807) is 0 Å². The molecule has 0 heterocycles. The zero-order chi connectivity index (χ0) is 14.2. The zero-order valence-corrected chi connectivity index (χ0v) is 14.3. The second kappa shape index (κ2) is 20.3. The molecule has 4 heteroatoms. The molecule has 0 rings (SSSR count). The molecule has 0 aromatic rings. The van der Waals surface area contributed by atoms with Crippen molar-refractivity contribution >= 4 is 28.8 Å².